The van der Waals surface area contributed by atoms with Crippen LogP contribution in [0.3, 0.4) is 0 Å². The Kier molecular flexibility index (Phi) is 3.12. The zero-order valence-electron chi connectivity index (χ0n) is 12.9. The van der Waals surface area contributed by atoms with Gasteiger partial charge in [-0.3, -0.25) is 4.68 Å². The fraction of sp³-hybridized carbons (Fsp3) is 0.111. The number of benzene rings is 2. The lowest BCUT2D eigenvalue weighted by Gasteiger charge is -2.07. The van der Waals surface area contributed by atoms with Gasteiger partial charge in [0.2, 0.25) is 0 Å². The van der Waals surface area contributed by atoms with Gasteiger partial charge in [0, 0.05) is 36.8 Å². The van der Waals surface area contributed by atoms with Crippen LogP contribution >= 0.6 is 0 Å². The Bertz CT molecular complexity index is 966. The number of hydrogen-bond acceptors (Lipinski definition) is 4. The van der Waals surface area contributed by atoms with Gasteiger partial charge in [0.15, 0.2) is 11.7 Å². The highest BCUT2D eigenvalue weighted by Crippen LogP contribution is 2.27. The van der Waals surface area contributed by atoms with E-state index in [1.807, 2.05) is 61.2 Å². The van der Waals surface area contributed by atoms with E-state index in [-0.39, 0.29) is 0 Å². The quantitative estimate of drug-likeness (QED) is 0.614. The molecule has 0 aliphatic heterocycles. The summed E-state index contributed by atoms with van der Waals surface area (Å²) in [5, 5.41) is 9.05. The zero-order valence-corrected chi connectivity index (χ0v) is 12.9. The highest BCUT2D eigenvalue weighted by molar-refractivity contribution is 5.92. The molecule has 0 unspecified atom stereocenters. The second-order valence-corrected chi connectivity index (χ2v) is 5.49. The first-order valence-electron chi connectivity index (χ1n) is 7.41. The Morgan fingerprint density at radius 3 is 2.65 bits per heavy atom. The van der Waals surface area contributed by atoms with Gasteiger partial charge in [0.25, 0.3) is 0 Å². The van der Waals surface area contributed by atoms with Crippen LogP contribution in [0.5, 0.6) is 0 Å². The first-order valence-corrected chi connectivity index (χ1v) is 7.41. The van der Waals surface area contributed by atoms with Gasteiger partial charge in [0.05, 0.1) is 11.9 Å². The normalized spacial score (nSPS) is 11.0. The van der Waals surface area contributed by atoms with E-state index in [1.165, 1.54) is 0 Å². The van der Waals surface area contributed by atoms with E-state index < -0.39 is 0 Å². The second-order valence-electron chi connectivity index (χ2n) is 5.49. The molecule has 0 fully saturated rings. The fourth-order valence-electron chi connectivity index (χ4n) is 2.63. The Morgan fingerprint density at radius 2 is 1.91 bits per heavy atom. The van der Waals surface area contributed by atoms with Gasteiger partial charge < -0.3 is 9.73 Å². The van der Waals surface area contributed by atoms with Crippen molar-refractivity contribution in [1.82, 2.24) is 14.8 Å². The predicted molar refractivity (Wildman–Crippen MR) is 90.7 cm³/mol. The standard InChI is InChI=1S/C18H16N4O/c1-12-19-10-17(23-12)13-6-8-15(9-7-13)20-16-5-3-4-14-11-22(2)21-18(14)16/h3-11,20H,1-2H3. The van der Waals surface area contributed by atoms with Crippen LogP contribution in [0, 0.1) is 6.92 Å². The molecule has 0 amide bonds. The molecular formula is C18H16N4O. The third-order valence-corrected chi connectivity index (χ3v) is 3.72. The molecule has 114 valence electrons. The average Bonchev–Trinajstić information content (AvgIpc) is 3.14. The summed E-state index contributed by atoms with van der Waals surface area (Å²) in [6.07, 6.45) is 3.75. The zero-order chi connectivity index (χ0) is 15.8. The van der Waals surface area contributed by atoms with E-state index in [0.717, 1.165) is 33.6 Å². The third kappa shape index (κ3) is 2.57. The van der Waals surface area contributed by atoms with E-state index in [4.69, 9.17) is 4.42 Å². The van der Waals surface area contributed by atoms with Crippen LogP contribution < -0.4 is 5.32 Å². The number of aryl methyl sites for hydroxylation is 2. The van der Waals surface area contributed by atoms with Gasteiger partial charge in [-0.05, 0) is 30.3 Å². The smallest absolute Gasteiger partial charge is 0.191 e. The molecule has 5 nitrogen and oxygen atoms in total. The topological polar surface area (TPSA) is 55.9 Å². The number of rotatable bonds is 3. The van der Waals surface area contributed by atoms with Crippen LogP contribution in [0.25, 0.3) is 22.2 Å². The van der Waals surface area contributed by atoms with Crippen molar-refractivity contribution in [3.8, 4) is 11.3 Å². The molecule has 0 saturated carbocycles. The monoisotopic (exact) mass is 304 g/mol. The Labute approximate surface area is 133 Å². The Hall–Kier alpha value is -3.08. The van der Waals surface area contributed by atoms with E-state index in [0.29, 0.717) is 5.89 Å². The maximum Gasteiger partial charge on any atom is 0.191 e. The SMILES string of the molecule is Cc1ncc(-c2ccc(Nc3cccc4cn(C)nc34)cc2)o1. The van der Waals surface area contributed by atoms with Crippen LogP contribution in [-0.2, 0) is 7.05 Å². The first-order chi connectivity index (χ1) is 11.2. The maximum atomic E-state index is 5.54. The van der Waals surface area contributed by atoms with Crippen molar-refractivity contribution in [3.05, 3.63) is 60.7 Å². The molecule has 1 N–H and O–H groups in total. The maximum absolute atomic E-state index is 5.54. The molecule has 4 aromatic rings. The van der Waals surface area contributed by atoms with Gasteiger partial charge in [-0.15, -0.1) is 0 Å². The van der Waals surface area contributed by atoms with Crippen LogP contribution in [0.15, 0.2) is 59.3 Å². The molecule has 2 aromatic carbocycles. The summed E-state index contributed by atoms with van der Waals surface area (Å²) in [6, 6.07) is 14.2. The lowest BCUT2D eigenvalue weighted by atomic mass is 10.1. The van der Waals surface area contributed by atoms with Crippen molar-refractivity contribution in [3.63, 3.8) is 0 Å². The van der Waals surface area contributed by atoms with Crippen molar-refractivity contribution >= 4 is 22.3 Å². The molecule has 0 atom stereocenters. The molecule has 23 heavy (non-hydrogen) atoms. The number of anilines is 2. The molecule has 0 spiro atoms. The summed E-state index contributed by atoms with van der Waals surface area (Å²) >= 11 is 0. The van der Waals surface area contributed by atoms with Gasteiger partial charge in [-0.25, -0.2) is 4.98 Å². The largest absolute Gasteiger partial charge is 0.441 e. The molecular weight excluding hydrogens is 288 g/mol. The number of nitrogens with one attached hydrogen (secondary N) is 1. The number of oxazole rings is 1. The minimum Gasteiger partial charge on any atom is -0.441 e. The second kappa shape index (κ2) is 5.28. The summed E-state index contributed by atoms with van der Waals surface area (Å²) in [5.41, 5.74) is 3.96. The highest BCUT2D eigenvalue weighted by Gasteiger charge is 2.06. The number of aromatic nitrogens is 3. The van der Waals surface area contributed by atoms with E-state index in [2.05, 4.69) is 21.5 Å². The van der Waals surface area contributed by atoms with E-state index in [1.54, 1.807) is 6.20 Å². The summed E-state index contributed by atoms with van der Waals surface area (Å²) in [7, 11) is 1.93. The summed E-state index contributed by atoms with van der Waals surface area (Å²) < 4.78 is 7.37. The van der Waals surface area contributed by atoms with Crippen LogP contribution in [0.2, 0.25) is 0 Å². The van der Waals surface area contributed by atoms with Crippen molar-refractivity contribution in [1.29, 1.82) is 0 Å². The lowest BCUT2D eigenvalue weighted by molar-refractivity contribution is 0.534. The molecule has 4 rings (SSSR count). The van der Waals surface area contributed by atoms with Crippen LogP contribution in [-0.4, -0.2) is 14.8 Å². The summed E-state index contributed by atoms with van der Waals surface area (Å²) in [4.78, 5) is 4.13. The Morgan fingerprint density at radius 1 is 1.09 bits per heavy atom. The molecule has 2 heterocycles. The third-order valence-electron chi connectivity index (χ3n) is 3.72. The Balaban J connectivity index is 1.63. The number of hydrogen-bond donors (Lipinski definition) is 1. The summed E-state index contributed by atoms with van der Waals surface area (Å²) in [5.74, 6) is 1.45. The van der Waals surface area contributed by atoms with Crippen LogP contribution in [0.1, 0.15) is 5.89 Å². The van der Waals surface area contributed by atoms with E-state index >= 15 is 0 Å². The van der Waals surface area contributed by atoms with E-state index in [9.17, 15) is 0 Å². The lowest BCUT2D eigenvalue weighted by Crippen LogP contribution is -1.92. The van der Waals surface area contributed by atoms with Crippen molar-refractivity contribution in [2.45, 2.75) is 6.92 Å². The molecule has 0 bridgehead atoms. The molecule has 0 saturated heterocycles. The molecule has 0 aliphatic carbocycles. The molecule has 0 radical (unpaired) electrons. The molecule has 0 aliphatic rings. The van der Waals surface area contributed by atoms with Gasteiger partial charge in [-0.1, -0.05) is 12.1 Å². The fourth-order valence-corrected chi connectivity index (χ4v) is 2.63. The predicted octanol–water partition coefficient (Wildman–Crippen LogP) is 4.28. The van der Waals surface area contributed by atoms with Gasteiger partial charge in [-0.2, -0.15) is 5.10 Å². The molecule has 2 aromatic heterocycles. The average molecular weight is 304 g/mol. The van der Waals surface area contributed by atoms with Gasteiger partial charge >= 0.3 is 0 Å². The minimum atomic E-state index is 0.670. The summed E-state index contributed by atoms with van der Waals surface area (Å²) in [6.45, 7) is 1.84. The number of nitrogens with zero attached hydrogens (tertiary/aromatic N) is 3. The highest BCUT2D eigenvalue weighted by atomic mass is 16.4. The van der Waals surface area contributed by atoms with Crippen molar-refractivity contribution < 1.29 is 4.42 Å². The first kappa shape index (κ1) is 13.6. The molecule has 5 heteroatoms. The van der Waals surface area contributed by atoms with Crippen molar-refractivity contribution in [2.75, 3.05) is 5.32 Å². The van der Waals surface area contributed by atoms with Gasteiger partial charge in [0.1, 0.15) is 5.52 Å². The number of fused-ring (bicyclic) bond motifs is 1. The van der Waals surface area contributed by atoms with Crippen molar-refractivity contribution in [2.24, 2.45) is 7.05 Å². The minimum absolute atomic E-state index is 0.670. The van der Waals surface area contributed by atoms with Crippen LogP contribution in [0.4, 0.5) is 11.4 Å².